The predicted molar refractivity (Wildman–Crippen MR) is 137 cm³/mol. The molecule has 3 aromatic rings. The molecule has 0 atom stereocenters. The first-order valence-corrected chi connectivity index (χ1v) is 13.1. The standard InChI is InChI=1S/C25H33B2NS/c1-24(2,3)25(26,27)21-16-22(28-17-23(21)29(4,5)6)20-14-10-13-19(15-20)18-11-8-7-9-12-18/h7-17H,26-27H2,1-6H3. The third-order valence-electron chi connectivity index (χ3n) is 6.34. The Morgan fingerprint density at radius 3 is 1.93 bits per heavy atom. The van der Waals surface area contributed by atoms with Gasteiger partial charge >= 0.3 is 0 Å². The predicted octanol–water partition coefficient (Wildman–Crippen LogP) is 4.93. The van der Waals surface area contributed by atoms with Gasteiger partial charge in [-0.1, -0.05) is 74.5 Å². The average Bonchev–Trinajstić information content (AvgIpc) is 2.67. The van der Waals surface area contributed by atoms with E-state index in [9.17, 15) is 0 Å². The van der Waals surface area contributed by atoms with Crippen molar-refractivity contribution in [3.05, 3.63) is 72.4 Å². The van der Waals surface area contributed by atoms with Gasteiger partial charge in [0.25, 0.3) is 0 Å². The molecule has 150 valence electrons. The highest BCUT2D eigenvalue weighted by molar-refractivity contribution is 8.32. The fraction of sp³-hybridized carbons (Fsp3) is 0.320. The van der Waals surface area contributed by atoms with E-state index in [4.69, 9.17) is 4.98 Å². The molecule has 3 rings (SSSR count). The zero-order valence-corrected chi connectivity index (χ0v) is 20.0. The molecule has 0 aliphatic rings. The molecule has 0 amide bonds. The van der Waals surface area contributed by atoms with Crippen molar-refractivity contribution >= 4 is 25.7 Å². The van der Waals surface area contributed by atoms with Gasteiger partial charge < -0.3 is 0 Å². The second kappa shape index (κ2) is 7.72. The molecule has 0 bridgehead atoms. The smallest absolute Gasteiger partial charge is 0.105 e. The second-order valence-corrected chi connectivity index (χ2v) is 14.3. The molecule has 0 saturated carbocycles. The van der Waals surface area contributed by atoms with Crippen molar-refractivity contribution in [1.29, 1.82) is 0 Å². The van der Waals surface area contributed by atoms with Crippen molar-refractivity contribution in [2.75, 3.05) is 18.8 Å². The Labute approximate surface area is 180 Å². The number of nitrogens with zero attached hydrogens (tertiary/aromatic N) is 1. The maximum absolute atomic E-state index is 4.93. The monoisotopic (exact) mass is 401 g/mol. The zero-order valence-electron chi connectivity index (χ0n) is 19.2. The largest absolute Gasteiger partial charge is 0.255 e. The highest BCUT2D eigenvalue weighted by Gasteiger charge is 2.37. The van der Waals surface area contributed by atoms with Crippen molar-refractivity contribution in [2.24, 2.45) is 5.41 Å². The molecule has 0 aliphatic carbocycles. The number of hydrogen-bond donors (Lipinski definition) is 0. The van der Waals surface area contributed by atoms with Crippen LogP contribution in [0, 0.1) is 5.41 Å². The lowest BCUT2D eigenvalue weighted by Gasteiger charge is -2.43. The van der Waals surface area contributed by atoms with E-state index in [0.29, 0.717) is 0 Å². The van der Waals surface area contributed by atoms with Crippen LogP contribution in [0.15, 0.2) is 71.8 Å². The van der Waals surface area contributed by atoms with Gasteiger partial charge in [-0.25, -0.2) is 10.0 Å². The Hall–Kier alpha value is -1.93. The maximum atomic E-state index is 4.93. The number of hydrogen-bond acceptors (Lipinski definition) is 1. The number of rotatable bonds is 4. The van der Waals surface area contributed by atoms with E-state index >= 15 is 0 Å². The second-order valence-electron chi connectivity index (χ2n) is 10.2. The van der Waals surface area contributed by atoms with E-state index < -0.39 is 10.0 Å². The lowest BCUT2D eigenvalue weighted by Crippen LogP contribution is -2.42. The van der Waals surface area contributed by atoms with Crippen LogP contribution in [0.1, 0.15) is 26.3 Å². The molecule has 1 aromatic heterocycles. The molecule has 0 saturated heterocycles. The van der Waals surface area contributed by atoms with Gasteiger partial charge in [-0.15, -0.1) is 0 Å². The van der Waals surface area contributed by atoms with Crippen molar-refractivity contribution < 1.29 is 0 Å². The van der Waals surface area contributed by atoms with Gasteiger partial charge in [0.15, 0.2) is 0 Å². The van der Waals surface area contributed by atoms with Crippen molar-refractivity contribution in [2.45, 2.75) is 30.9 Å². The van der Waals surface area contributed by atoms with Crippen LogP contribution in [0.4, 0.5) is 0 Å². The summed E-state index contributed by atoms with van der Waals surface area (Å²) in [4.78, 5) is 6.34. The molecule has 1 heterocycles. The topological polar surface area (TPSA) is 12.9 Å². The molecular formula is C25H33B2NS. The van der Waals surface area contributed by atoms with Gasteiger partial charge in [-0.05, 0) is 53.0 Å². The summed E-state index contributed by atoms with van der Waals surface area (Å²) < 4.78 is 0. The Balaban J connectivity index is 2.17. The van der Waals surface area contributed by atoms with E-state index in [1.807, 2.05) is 0 Å². The highest BCUT2D eigenvalue weighted by Crippen LogP contribution is 2.51. The Bertz CT molecular complexity index is 999. The summed E-state index contributed by atoms with van der Waals surface area (Å²) in [6.07, 6.45) is 9.23. The van der Waals surface area contributed by atoms with Gasteiger partial charge in [0, 0.05) is 16.7 Å². The highest BCUT2D eigenvalue weighted by atomic mass is 32.3. The molecule has 0 N–H and O–H groups in total. The maximum Gasteiger partial charge on any atom is 0.105 e. The quantitative estimate of drug-likeness (QED) is 0.565. The molecule has 0 fully saturated rings. The lowest BCUT2D eigenvalue weighted by atomic mass is 9.41. The van der Waals surface area contributed by atoms with Crippen molar-refractivity contribution in [3.8, 4) is 22.4 Å². The summed E-state index contributed by atoms with van der Waals surface area (Å²) in [5.74, 6) is 0. The third kappa shape index (κ3) is 4.48. The van der Waals surface area contributed by atoms with E-state index in [0.717, 1.165) is 5.69 Å². The summed E-state index contributed by atoms with van der Waals surface area (Å²) in [5, 5.41) is 0.0390. The van der Waals surface area contributed by atoms with Crippen LogP contribution in [-0.2, 0) is 5.21 Å². The lowest BCUT2D eigenvalue weighted by molar-refractivity contribution is 0.355. The molecule has 0 unspecified atom stereocenters. The van der Waals surface area contributed by atoms with Crippen LogP contribution >= 0.6 is 10.0 Å². The normalized spacial score (nSPS) is 13.3. The van der Waals surface area contributed by atoms with Crippen LogP contribution in [0.3, 0.4) is 0 Å². The summed E-state index contributed by atoms with van der Waals surface area (Å²) >= 11 is 0. The minimum Gasteiger partial charge on any atom is -0.255 e. The van der Waals surface area contributed by atoms with E-state index in [1.54, 1.807) is 0 Å². The minimum absolute atomic E-state index is 0.0390. The minimum atomic E-state index is -0.889. The molecule has 29 heavy (non-hydrogen) atoms. The van der Waals surface area contributed by atoms with E-state index in [-0.39, 0.29) is 10.6 Å². The molecule has 0 spiro atoms. The van der Waals surface area contributed by atoms with Crippen LogP contribution in [0.5, 0.6) is 0 Å². The Kier molecular flexibility index (Phi) is 5.80. The molecule has 0 aliphatic heterocycles. The number of aromatic nitrogens is 1. The van der Waals surface area contributed by atoms with Crippen molar-refractivity contribution in [3.63, 3.8) is 0 Å². The number of pyridine rings is 1. The van der Waals surface area contributed by atoms with E-state index in [2.05, 4.69) is 122 Å². The molecule has 0 radical (unpaired) electrons. The van der Waals surface area contributed by atoms with Gasteiger partial charge in [0.2, 0.25) is 0 Å². The van der Waals surface area contributed by atoms with E-state index in [1.165, 1.54) is 27.1 Å². The number of benzene rings is 2. The van der Waals surface area contributed by atoms with Gasteiger partial charge in [0.05, 0.1) is 5.69 Å². The Morgan fingerprint density at radius 2 is 1.34 bits per heavy atom. The van der Waals surface area contributed by atoms with Crippen molar-refractivity contribution in [1.82, 2.24) is 4.98 Å². The van der Waals surface area contributed by atoms with Crippen LogP contribution in [-0.4, -0.2) is 39.4 Å². The summed E-state index contributed by atoms with van der Waals surface area (Å²) in [5.41, 5.74) is 6.28. The SMILES string of the molecule is BC(B)(c1cc(-c2cccc(-c3ccccc3)c2)ncc1S(C)(C)C)C(C)(C)C. The Morgan fingerprint density at radius 1 is 0.759 bits per heavy atom. The molecule has 1 nitrogen and oxygen atoms in total. The van der Waals surface area contributed by atoms with Gasteiger partial charge in [0.1, 0.15) is 15.7 Å². The summed E-state index contributed by atoms with van der Waals surface area (Å²) in [6.45, 7) is 7.01. The van der Waals surface area contributed by atoms with Gasteiger partial charge in [-0.3, -0.25) is 4.98 Å². The van der Waals surface area contributed by atoms with Gasteiger partial charge in [-0.2, -0.15) is 0 Å². The fourth-order valence-corrected chi connectivity index (χ4v) is 4.81. The summed E-state index contributed by atoms with van der Waals surface area (Å²) in [7, 11) is 3.86. The fourth-order valence-electron chi connectivity index (χ4n) is 3.47. The first-order chi connectivity index (χ1) is 13.4. The third-order valence-corrected chi connectivity index (χ3v) is 7.99. The zero-order chi connectivity index (χ0) is 21.4. The first kappa shape index (κ1) is 21.8. The molecule has 2 aromatic carbocycles. The summed E-state index contributed by atoms with van der Waals surface area (Å²) in [6, 6.07) is 21.6. The van der Waals surface area contributed by atoms with Crippen LogP contribution in [0.2, 0.25) is 0 Å². The van der Waals surface area contributed by atoms with Crippen LogP contribution < -0.4 is 0 Å². The first-order valence-electron chi connectivity index (χ1n) is 10.3. The average molecular weight is 401 g/mol. The molecular weight excluding hydrogens is 368 g/mol. The molecule has 4 heteroatoms. The van der Waals surface area contributed by atoms with Crippen LogP contribution in [0.25, 0.3) is 22.4 Å².